The molecule has 10 aromatic rings. The van der Waals surface area contributed by atoms with Crippen LogP contribution in [0.2, 0.25) is 0 Å². The van der Waals surface area contributed by atoms with Gasteiger partial charge in [0.2, 0.25) is 5.95 Å². The molecule has 4 heterocycles. The second-order valence-corrected chi connectivity index (χ2v) is 13.7. The van der Waals surface area contributed by atoms with E-state index in [1.807, 2.05) is 24.3 Å². The van der Waals surface area contributed by atoms with Gasteiger partial charge in [-0.2, -0.15) is 0 Å². The lowest BCUT2D eigenvalue weighted by Gasteiger charge is -2.13. The molecule has 0 N–H and O–H groups in total. The molecule has 0 saturated carbocycles. The van der Waals surface area contributed by atoms with Gasteiger partial charge in [-0.3, -0.25) is 4.57 Å². The molecule has 0 atom stereocenters. The van der Waals surface area contributed by atoms with Gasteiger partial charge in [-0.25, -0.2) is 9.97 Å². The van der Waals surface area contributed by atoms with Crippen molar-refractivity contribution in [1.29, 1.82) is 0 Å². The highest BCUT2D eigenvalue weighted by Gasteiger charge is 2.22. The van der Waals surface area contributed by atoms with Gasteiger partial charge in [0.15, 0.2) is 0 Å². The molecule has 0 spiro atoms. The summed E-state index contributed by atoms with van der Waals surface area (Å²) in [7, 11) is 0. The lowest BCUT2D eigenvalue weighted by atomic mass is 10.0. The largest absolute Gasteiger partial charge is 0.307 e. The van der Waals surface area contributed by atoms with E-state index in [2.05, 4.69) is 150 Å². The Labute approximate surface area is 299 Å². The van der Waals surface area contributed by atoms with Crippen molar-refractivity contribution in [2.45, 2.75) is 12.8 Å². The molecule has 0 fully saturated rings. The molecule has 0 amide bonds. The van der Waals surface area contributed by atoms with E-state index < -0.39 is 0 Å². The van der Waals surface area contributed by atoms with Crippen LogP contribution in [0.1, 0.15) is 18.5 Å². The highest BCUT2D eigenvalue weighted by atomic mass is 32.1. The number of unbranched alkanes of at least 4 members (excludes halogenated alkanes) is 1. The van der Waals surface area contributed by atoms with Crippen molar-refractivity contribution >= 4 is 99.8 Å². The van der Waals surface area contributed by atoms with E-state index in [9.17, 15) is 0 Å². The Balaban J connectivity index is 1.29. The molecule has 0 saturated heterocycles. The monoisotopic (exact) mass is 672 g/mol. The highest BCUT2D eigenvalue weighted by Crippen LogP contribution is 2.44. The lowest BCUT2D eigenvalue weighted by Crippen LogP contribution is -2.05. The Bertz CT molecular complexity index is 3140. The van der Waals surface area contributed by atoms with Crippen LogP contribution in [0.3, 0.4) is 0 Å². The Hall–Kier alpha value is -6.17. The highest BCUT2D eigenvalue weighted by molar-refractivity contribution is 7.84. The van der Waals surface area contributed by atoms with Crippen molar-refractivity contribution in [2.75, 3.05) is 0 Å². The summed E-state index contributed by atoms with van der Waals surface area (Å²) in [5.74, 6) is 0.638. The predicted octanol–water partition coefficient (Wildman–Crippen LogP) is 12.4. The predicted molar refractivity (Wildman–Crippen MR) is 221 cm³/mol. The molecule has 0 aliphatic carbocycles. The first-order chi connectivity index (χ1) is 25.1. The minimum atomic E-state index is 0.638. The third-order valence-corrected chi connectivity index (χ3v) is 10.5. The molecule has 4 aromatic heterocycles. The zero-order valence-corrected chi connectivity index (χ0v) is 28.7. The maximum atomic E-state index is 5.38. The number of fused-ring (bicyclic) bond motifs is 13. The smallest absolute Gasteiger partial charge is 0.235 e. The van der Waals surface area contributed by atoms with Crippen molar-refractivity contribution in [1.82, 2.24) is 18.9 Å². The molecule has 0 unspecified atom stereocenters. The van der Waals surface area contributed by atoms with Gasteiger partial charge in [-0.05, 0) is 41.5 Å². The number of nitrogens with zero attached hydrogens (tertiary/aromatic N) is 4. The van der Waals surface area contributed by atoms with Crippen LogP contribution in [0, 0.1) is 0 Å². The molecule has 242 valence electrons. The SMILES string of the molecule is C=C/C(=C\CC/C=C\C(=C)S)c1nc(-n2c3ccccc3c3ccc4c(ccc5c6cccc7c8ccccc8n(c45)c76)c32)nc2ccccc12. The fourth-order valence-electron chi connectivity index (χ4n) is 8.20. The van der Waals surface area contributed by atoms with Crippen LogP contribution < -0.4 is 0 Å². The van der Waals surface area contributed by atoms with E-state index in [0.717, 1.165) is 56.3 Å². The van der Waals surface area contributed by atoms with Crippen molar-refractivity contribution < 1.29 is 0 Å². The zero-order valence-electron chi connectivity index (χ0n) is 27.8. The summed E-state index contributed by atoms with van der Waals surface area (Å²) >= 11 is 4.29. The number of aromatic nitrogens is 4. The maximum absolute atomic E-state index is 5.38. The van der Waals surface area contributed by atoms with Gasteiger partial charge in [0.25, 0.3) is 0 Å². The number of benzene rings is 6. The topological polar surface area (TPSA) is 35.1 Å². The summed E-state index contributed by atoms with van der Waals surface area (Å²) in [6.45, 7) is 8.06. The van der Waals surface area contributed by atoms with Gasteiger partial charge in [0.05, 0.1) is 38.8 Å². The molecule has 6 aromatic carbocycles. The van der Waals surface area contributed by atoms with E-state index in [-0.39, 0.29) is 0 Å². The van der Waals surface area contributed by atoms with E-state index in [1.165, 1.54) is 54.3 Å². The Morgan fingerprint density at radius 1 is 0.588 bits per heavy atom. The standard InChI is InChI=1S/C46H32N4S/c1-3-29(15-6-4-5-14-28(2)51)42-38-18-7-10-21-39(38)47-46(48-42)50-41-23-12-9-17-31(41)34-24-25-36-37(45(34)50)27-26-35-33-20-13-19-32-30-16-8-11-22-40(30)49(43(32)33)44(35)36/h3,5,7-27,51H,1-2,4,6H2/b14-5-,29-15+. The van der Waals surface area contributed by atoms with Crippen molar-refractivity contribution in [3.05, 3.63) is 163 Å². The summed E-state index contributed by atoms with van der Waals surface area (Å²) in [5, 5.41) is 10.8. The number of rotatable bonds is 7. The first-order valence-corrected chi connectivity index (χ1v) is 17.7. The third kappa shape index (κ3) is 4.35. The number of thiol groups is 1. The second kappa shape index (κ2) is 11.4. The van der Waals surface area contributed by atoms with E-state index in [0.29, 0.717) is 5.95 Å². The van der Waals surface area contributed by atoms with Crippen LogP contribution >= 0.6 is 12.6 Å². The lowest BCUT2D eigenvalue weighted by molar-refractivity contribution is 1.00. The molecular formula is C46H32N4S. The summed E-state index contributed by atoms with van der Waals surface area (Å²) < 4.78 is 4.74. The van der Waals surface area contributed by atoms with Crippen LogP contribution in [-0.2, 0) is 0 Å². The molecule has 0 radical (unpaired) electrons. The first-order valence-electron chi connectivity index (χ1n) is 17.3. The van der Waals surface area contributed by atoms with Gasteiger partial charge in [0.1, 0.15) is 0 Å². The van der Waals surface area contributed by atoms with Crippen LogP contribution in [0.4, 0.5) is 0 Å². The summed E-state index contributed by atoms with van der Waals surface area (Å²) in [5.41, 5.74) is 8.65. The second-order valence-electron chi connectivity index (χ2n) is 13.1. The molecule has 10 rings (SSSR count). The average molecular weight is 673 g/mol. The normalized spacial score (nSPS) is 12.8. The fourth-order valence-corrected chi connectivity index (χ4v) is 8.30. The van der Waals surface area contributed by atoms with E-state index in [1.54, 1.807) is 0 Å². The van der Waals surface area contributed by atoms with Crippen LogP contribution in [-0.4, -0.2) is 18.9 Å². The van der Waals surface area contributed by atoms with E-state index >= 15 is 0 Å². The van der Waals surface area contributed by atoms with Crippen LogP contribution in [0.25, 0.3) is 93.1 Å². The molecular weight excluding hydrogens is 641 g/mol. The fraction of sp³-hybridized carbons (Fsp3) is 0.0435. The molecule has 5 heteroatoms. The zero-order chi connectivity index (χ0) is 34.2. The Morgan fingerprint density at radius 3 is 1.84 bits per heavy atom. The van der Waals surface area contributed by atoms with Crippen LogP contribution in [0.15, 0.2) is 158 Å². The van der Waals surface area contributed by atoms with Crippen molar-refractivity contribution in [3.8, 4) is 5.95 Å². The van der Waals surface area contributed by atoms with Crippen molar-refractivity contribution in [2.24, 2.45) is 0 Å². The minimum absolute atomic E-state index is 0.638. The van der Waals surface area contributed by atoms with Crippen LogP contribution in [0.5, 0.6) is 0 Å². The van der Waals surface area contributed by atoms with E-state index in [4.69, 9.17) is 9.97 Å². The molecule has 0 aliphatic rings. The summed E-state index contributed by atoms with van der Waals surface area (Å²) in [6.07, 6.45) is 9.84. The molecule has 0 bridgehead atoms. The van der Waals surface area contributed by atoms with Crippen molar-refractivity contribution in [3.63, 3.8) is 0 Å². The van der Waals surface area contributed by atoms with Gasteiger partial charge in [-0.15, -0.1) is 12.6 Å². The maximum Gasteiger partial charge on any atom is 0.235 e. The summed E-state index contributed by atoms with van der Waals surface area (Å²) in [6, 6.07) is 41.5. The Kier molecular flexibility index (Phi) is 6.67. The molecule has 51 heavy (non-hydrogen) atoms. The molecule has 0 aliphatic heterocycles. The van der Waals surface area contributed by atoms with Gasteiger partial charge >= 0.3 is 0 Å². The Morgan fingerprint density at radius 2 is 1.14 bits per heavy atom. The van der Waals surface area contributed by atoms with Gasteiger partial charge in [0, 0.05) is 48.5 Å². The minimum Gasteiger partial charge on any atom is -0.307 e. The quantitative estimate of drug-likeness (QED) is 0.104. The number of para-hydroxylation sites is 4. The molecule has 4 nitrogen and oxygen atoms in total. The number of allylic oxidation sites excluding steroid dienone is 5. The van der Waals surface area contributed by atoms with Gasteiger partial charge < -0.3 is 4.40 Å². The number of hydrogen-bond donors (Lipinski definition) is 1. The number of hydrogen-bond acceptors (Lipinski definition) is 3. The first kappa shape index (κ1) is 29.7. The summed E-state index contributed by atoms with van der Waals surface area (Å²) in [4.78, 5) is 11.4. The van der Waals surface area contributed by atoms with Gasteiger partial charge in [-0.1, -0.05) is 135 Å². The average Bonchev–Trinajstić information content (AvgIpc) is 3.81. The third-order valence-electron chi connectivity index (χ3n) is 10.3.